The third-order valence-electron chi connectivity index (χ3n) is 3.80. The van der Waals surface area contributed by atoms with Gasteiger partial charge in [0.15, 0.2) is 0 Å². The second kappa shape index (κ2) is 4.64. The molecular formula is C10H16O5P2. The van der Waals surface area contributed by atoms with Crippen LogP contribution in [0.3, 0.4) is 0 Å². The van der Waals surface area contributed by atoms with Gasteiger partial charge in [0.25, 0.3) is 0 Å². The predicted molar refractivity (Wildman–Crippen MR) is 62.1 cm³/mol. The van der Waals surface area contributed by atoms with Crippen LogP contribution in [-0.4, -0.2) is 24.4 Å². The molecule has 96 valence electrons. The summed E-state index contributed by atoms with van der Waals surface area (Å²) in [6, 6.07) is 0. The molecule has 4 atom stereocenters. The standard InChI is InChI=1S/C10H16O5P2/c1-3-7-8(4-1)12-16(11-7)15-17-13-9-5-2-6-10(9)14-17/h7-10H,1-6H2. The van der Waals surface area contributed by atoms with Crippen LogP contribution in [0.1, 0.15) is 38.5 Å². The fourth-order valence-electron chi connectivity index (χ4n) is 2.89. The first-order chi connectivity index (χ1) is 8.38. The summed E-state index contributed by atoms with van der Waals surface area (Å²) in [4.78, 5) is 0. The highest BCUT2D eigenvalue weighted by Crippen LogP contribution is 2.65. The molecule has 2 aliphatic heterocycles. The van der Waals surface area contributed by atoms with Gasteiger partial charge in [-0.1, -0.05) is 0 Å². The normalized spacial score (nSPS) is 52.9. The van der Waals surface area contributed by atoms with E-state index in [0.29, 0.717) is 0 Å². The molecule has 4 unspecified atom stereocenters. The average Bonchev–Trinajstić information content (AvgIpc) is 2.93. The Hall–Kier alpha value is 0.660. The zero-order valence-electron chi connectivity index (χ0n) is 9.49. The first-order valence-electron chi connectivity index (χ1n) is 6.34. The second-order valence-electron chi connectivity index (χ2n) is 4.97. The highest BCUT2D eigenvalue weighted by molar-refractivity contribution is 7.55. The molecule has 4 fully saturated rings. The Morgan fingerprint density at radius 3 is 1.35 bits per heavy atom. The molecule has 0 aromatic carbocycles. The summed E-state index contributed by atoms with van der Waals surface area (Å²) in [6.45, 7) is 0. The zero-order chi connectivity index (χ0) is 11.2. The number of hydrogen-bond acceptors (Lipinski definition) is 5. The average molecular weight is 278 g/mol. The van der Waals surface area contributed by atoms with E-state index in [-0.39, 0.29) is 24.4 Å². The van der Waals surface area contributed by atoms with Crippen molar-refractivity contribution in [2.24, 2.45) is 0 Å². The fraction of sp³-hybridized carbons (Fsp3) is 1.00. The number of fused-ring (bicyclic) bond motifs is 2. The van der Waals surface area contributed by atoms with Crippen molar-refractivity contribution in [1.82, 2.24) is 0 Å². The smallest absolute Gasteiger partial charge is 0.306 e. The maximum Gasteiger partial charge on any atom is 0.340 e. The molecule has 7 heteroatoms. The lowest BCUT2D eigenvalue weighted by atomic mass is 10.3. The van der Waals surface area contributed by atoms with E-state index in [1.807, 2.05) is 0 Å². The SMILES string of the molecule is C1CC2OP(OP3OC4CCCC4O3)OC2C1. The van der Waals surface area contributed by atoms with Gasteiger partial charge in [-0.3, -0.25) is 0 Å². The summed E-state index contributed by atoms with van der Waals surface area (Å²) in [5.41, 5.74) is 0. The van der Waals surface area contributed by atoms with Gasteiger partial charge in [0, 0.05) is 0 Å². The molecule has 0 radical (unpaired) electrons. The van der Waals surface area contributed by atoms with Crippen molar-refractivity contribution >= 4 is 17.2 Å². The van der Waals surface area contributed by atoms with Crippen molar-refractivity contribution in [2.45, 2.75) is 62.9 Å². The van der Waals surface area contributed by atoms with Crippen molar-refractivity contribution in [1.29, 1.82) is 0 Å². The Morgan fingerprint density at radius 1 is 0.647 bits per heavy atom. The largest absolute Gasteiger partial charge is 0.340 e. The third-order valence-corrected chi connectivity index (χ3v) is 6.64. The first-order valence-corrected chi connectivity index (χ1v) is 8.53. The van der Waals surface area contributed by atoms with E-state index >= 15 is 0 Å². The Kier molecular flexibility index (Phi) is 3.14. The third kappa shape index (κ3) is 2.17. The van der Waals surface area contributed by atoms with E-state index in [2.05, 4.69) is 0 Å². The highest BCUT2D eigenvalue weighted by atomic mass is 31.2. The van der Waals surface area contributed by atoms with Gasteiger partial charge in [-0.15, -0.1) is 0 Å². The summed E-state index contributed by atoms with van der Waals surface area (Å²) in [7, 11) is -2.46. The van der Waals surface area contributed by atoms with Crippen LogP contribution in [0.2, 0.25) is 0 Å². The maximum absolute atomic E-state index is 5.75. The molecule has 2 saturated carbocycles. The molecule has 17 heavy (non-hydrogen) atoms. The number of hydrogen-bond donors (Lipinski definition) is 0. The first kappa shape index (κ1) is 11.5. The Balaban J connectivity index is 1.31. The molecule has 0 aromatic rings. The lowest BCUT2D eigenvalue weighted by Crippen LogP contribution is -2.13. The van der Waals surface area contributed by atoms with Gasteiger partial charge < -0.3 is 18.1 Å². The topological polar surface area (TPSA) is 46.2 Å². The fourth-order valence-corrected chi connectivity index (χ4v) is 5.89. The molecule has 0 N–H and O–H groups in total. The van der Waals surface area contributed by atoms with Crippen LogP contribution >= 0.6 is 17.2 Å². The Labute approximate surface area is 103 Å². The second-order valence-corrected chi connectivity index (χ2v) is 7.36. The van der Waals surface area contributed by atoms with Crippen LogP contribution in [0.25, 0.3) is 0 Å². The summed E-state index contributed by atoms with van der Waals surface area (Å²) in [6.07, 6.45) is 7.77. The minimum absolute atomic E-state index is 0.248. The maximum atomic E-state index is 5.75. The van der Waals surface area contributed by atoms with Gasteiger partial charge in [-0.05, 0) is 38.5 Å². The Morgan fingerprint density at radius 2 is 1.00 bits per heavy atom. The van der Waals surface area contributed by atoms with Gasteiger partial charge in [0.1, 0.15) is 0 Å². The van der Waals surface area contributed by atoms with E-state index < -0.39 is 17.2 Å². The molecule has 0 aromatic heterocycles. The van der Waals surface area contributed by atoms with Crippen LogP contribution < -0.4 is 0 Å². The van der Waals surface area contributed by atoms with Crippen molar-refractivity contribution < 1.29 is 22.4 Å². The van der Waals surface area contributed by atoms with Gasteiger partial charge >= 0.3 is 17.2 Å². The monoisotopic (exact) mass is 278 g/mol. The Bertz CT molecular complexity index is 252. The van der Waals surface area contributed by atoms with Crippen molar-refractivity contribution in [3.8, 4) is 0 Å². The van der Waals surface area contributed by atoms with Gasteiger partial charge in [0.2, 0.25) is 0 Å². The van der Waals surface area contributed by atoms with E-state index in [1.54, 1.807) is 0 Å². The zero-order valence-corrected chi connectivity index (χ0v) is 11.3. The predicted octanol–water partition coefficient (Wildman–Crippen LogP) is 3.39. The molecule has 4 aliphatic rings. The van der Waals surface area contributed by atoms with E-state index in [1.165, 1.54) is 12.8 Å². The quantitative estimate of drug-likeness (QED) is 0.724. The number of rotatable bonds is 2. The van der Waals surface area contributed by atoms with Gasteiger partial charge in [-0.2, -0.15) is 0 Å². The lowest BCUT2D eigenvalue weighted by molar-refractivity contribution is 0.187. The summed E-state index contributed by atoms with van der Waals surface area (Å²) >= 11 is 0. The van der Waals surface area contributed by atoms with Crippen LogP contribution in [0.5, 0.6) is 0 Å². The van der Waals surface area contributed by atoms with Crippen molar-refractivity contribution in [2.75, 3.05) is 0 Å². The molecule has 0 amide bonds. The minimum atomic E-state index is -1.23. The molecule has 0 spiro atoms. The van der Waals surface area contributed by atoms with Crippen LogP contribution in [-0.2, 0) is 22.4 Å². The minimum Gasteiger partial charge on any atom is -0.306 e. The summed E-state index contributed by atoms with van der Waals surface area (Å²) < 4.78 is 28.7. The molecule has 4 rings (SSSR count). The van der Waals surface area contributed by atoms with Gasteiger partial charge in [0.05, 0.1) is 24.4 Å². The lowest BCUT2D eigenvalue weighted by Gasteiger charge is -2.13. The van der Waals surface area contributed by atoms with Crippen molar-refractivity contribution in [3.63, 3.8) is 0 Å². The molecule has 0 bridgehead atoms. The molecular weight excluding hydrogens is 262 g/mol. The molecule has 2 heterocycles. The molecule has 2 aliphatic carbocycles. The van der Waals surface area contributed by atoms with Gasteiger partial charge in [-0.25, -0.2) is 4.31 Å². The van der Waals surface area contributed by atoms with Crippen molar-refractivity contribution in [3.05, 3.63) is 0 Å². The molecule has 2 saturated heterocycles. The summed E-state index contributed by atoms with van der Waals surface area (Å²) in [5, 5.41) is 0. The van der Waals surface area contributed by atoms with Crippen LogP contribution in [0.15, 0.2) is 0 Å². The van der Waals surface area contributed by atoms with E-state index in [9.17, 15) is 0 Å². The van der Waals surface area contributed by atoms with Crippen LogP contribution in [0, 0.1) is 0 Å². The molecule has 5 nitrogen and oxygen atoms in total. The van der Waals surface area contributed by atoms with E-state index in [0.717, 1.165) is 25.7 Å². The summed E-state index contributed by atoms with van der Waals surface area (Å²) in [5.74, 6) is 0. The highest BCUT2D eigenvalue weighted by Gasteiger charge is 2.47. The van der Waals surface area contributed by atoms with E-state index in [4.69, 9.17) is 22.4 Å². The van der Waals surface area contributed by atoms with Crippen LogP contribution in [0.4, 0.5) is 0 Å².